The highest BCUT2D eigenvalue weighted by molar-refractivity contribution is 8.02. The average molecular weight is 518 g/mol. The first-order valence-electron chi connectivity index (χ1n) is 13.5. The second kappa shape index (κ2) is 19.2. The number of hydrogen-bond donors (Lipinski definition) is 2. The van der Waals surface area contributed by atoms with Crippen LogP contribution in [-0.2, 0) is 5.75 Å². The van der Waals surface area contributed by atoms with Crippen LogP contribution in [0, 0.1) is 6.92 Å². The van der Waals surface area contributed by atoms with Crippen LogP contribution in [-0.4, -0.2) is 4.98 Å². The molecule has 3 nitrogen and oxygen atoms in total. The first-order valence-corrected chi connectivity index (χ1v) is 14.5. The van der Waals surface area contributed by atoms with E-state index in [1.165, 1.54) is 36.8 Å². The molecular weight excluding hydrogens is 470 g/mol. The summed E-state index contributed by atoms with van der Waals surface area (Å²) in [7, 11) is 0. The number of anilines is 1. The highest BCUT2D eigenvalue weighted by Crippen LogP contribution is 2.24. The highest BCUT2D eigenvalue weighted by Gasteiger charge is 2.07. The smallest absolute Gasteiger partial charge is 0.0616 e. The number of para-hydroxylation sites is 1. The SMILES string of the molecule is C1CC1.C=C(NC(C)c1cccnc1)SCc1ccc(C(=C)Nc2ccccc2C)cc1.CC.CCC. The lowest BCUT2D eigenvalue weighted by Gasteiger charge is -2.17. The second-order valence-corrected chi connectivity index (χ2v) is 9.82. The fourth-order valence-electron chi connectivity index (χ4n) is 2.92. The van der Waals surface area contributed by atoms with Crippen LogP contribution in [0.1, 0.15) is 88.6 Å². The third-order valence-corrected chi connectivity index (χ3v) is 6.01. The number of aryl methyl sites for hydroxylation is 1. The van der Waals surface area contributed by atoms with Gasteiger partial charge in [-0.3, -0.25) is 4.98 Å². The lowest BCUT2D eigenvalue weighted by Crippen LogP contribution is -2.15. The molecule has 0 aliphatic heterocycles. The standard InChI is InChI=1S/C25H27N3S.C3H6.C3H8.C2H6/c1-18-8-5-6-10-25(18)28-19(2)23-13-11-22(12-14-23)17-29-21(4)27-20(3)24-9-7-15-26-16-24;1-2-3-1;1-3-2;1-2/h5-16,20,27-28H,2,4,17H2,1,3H3;1-3H2;3H2,1-2H3;1-2H3. The Labute approximate surface area is 230 Å². The molecule has 1 aliphatic rings. The Kier molecular flexibility index (Phi) is 16.6. The number of thioether (sulfide) groups is 1. The molecule has 1 aliphatic carbocycles. The number of benzene rings is 2. The maximum atomic E-state index is 4.18. The van der Waals surface area contributed by atoms with Crippen molar-refractivity contribution in [3.8, 4) is 0 Å². The Hall–Kier alpha value is -2.98. The molecular formula is C33H47N3S. The van der Waals surface area contributed by atoms with Crippen molar-refractivity contribution in [1.29, 1.82) is 0 Å². The summed E-state index contributed by atoms with van der Waals surface area (Å²) in [6.07, 6.45) is 9.42. The fourth-order valence-corrected chi connectivity index (χ4v) is 3.71. The number of nitrogens with zero attached hydrogens (tertiary/aromatic N) is 1. The van der Waals surface area contributed by atoms with Crippen LogP contribution in [0.2, 0.25) is 0 Å². The Bertz CT molecular complexity index is 1020. The molecule has 0 bridgehead atoms. The lowest BCUT2D eigenvalue weighted by atomic mass is 10.1. The summed E-state index contributed by atoms with van der Waals surface area (Å²) >= 11 is 1.71. The number of pyridine rings is 1. The third kappa shape index (κ3) is 13.8. The molecule has 0 radical (unpaired) electrons. The third-order valence-electron chi connectivity index (χ3n) is 5.06. The molecule has 3 aromatic rings. The van der Waals surface area contributed by atoms with Gasteiger partial charge in [-0.15, -0.1) is 11.8 Å². The molecule has 0 amide bonds. The van der Waals surface area contributed by atoms with Crippen molar-refractivity contribution in [3.05, 3.63) is 113 Å². The van der Waals surface area contributed by atoms with Gasteiger partial charge in [-0.2, -0.15) is 0 Å². The van der Waals surface area contributed by atoms with Crippen LogP contribution in [0.4, 0.5) is 5.69 Å². The Morgan fingerprint density at radius 3 is 2.11 bits per heavy atom. The van der Waals surface area contributed by atoms with Crippen LogP contribution in [0.5, 0.6) is 0 Å². The first-order chi connectivity index (χ1) is 17.9. The van der Waals surface area contributed by atoms with E-state index in [1.54, 1.807) is 18.0 Å². The molecule has 1 heterocycles. The lowest BCUT2D eigenvalue weighted by molar-refractivity contribution is 0.676. The van der Waals surface area contributed by atoms with E-state index in [0.29, 0.717) is 0 Å². The Morgan fingerprint density at radius 1 is 0.946 bits per heavy atom. The Morgan fingerprint density at radius 2 is 1.57 bits per heavy atom. The monoisotopic (exact) mass is 517 g/mol. The maximum Gasteiger partial charge on any atom is 0.0616 e. The summed E-state index contributed by atoms with van der Waals surface area (Å²) in [6, 6.07) is 20.9. The molecule has 0 spiro atoms. The number of aromatic nitrogens is 1. The molecule has 200 valence electrons. The van der Waals surface area contributed by atoms with Crippen molar-refractivity contribution in [3.63, 3.8) is 0 Å². The van der Waals surface area contributed by atoms with Gasteiger partial charge in [-0.05, 0) is 48.2 Å². The zero-order valence-corrected chi connectivity index (χ0v) is 24.6. The van der Waals surface area contributed by atoms with Gasteiger partial charge in [0.15, 0.2) is 0 Å². The first kappa shape index (κ1) is 32.0. The van der Waals surface area contributed by atoms with E-state index in [2.05, 4.69) is 98.9 Å². The van der Waals surface area contributed by atoms with Gasteiger partial charge in [0.2, 0.25) is 0 Å². The molecule has 2 aromatic carbocycles. The van der Waals surface area contributed by atoms with Gasteiger partial charge < -0.3 is 10.6 Å². The van der Waals surface area contributed by atoms with Gasteiger partial charge in [-0.25, -0.2) is 0 Å². The molecule has 2 N–H and O–H groups in total. The van der Waals surface area contributed by atoms with Crippen molar-refractivity contribution in [2.24, 2.45) is 0 Å². The van der Waals surface area contributed by atoms with Crippen molar-refractivity contribution in [2.75, 3.05) is 5.32 Å². The average Bonchev–Trinajstić information content (AvgIpc) is 3.81. The molecule has 1 fully saturated rings. The predicted molar refractivity (Wildman–Crippen MR) is 168 cm³/mol. The quantitative estimate of drug-likeness (QED) is 0.296. The molecule has 1 unspecified atom stereocenters. The Balaban J connectivity index is 0.000000749. The largest absolute Gasteiger partial charge is 0.374 e. The fraction of sp³-hybridized carbons (Fsp3) is 0.364. The van der Waals surface area contributed by atoms with Crippen molar-refractivity contribution < 1.29 is 0 Å². The van der Waals surface area contributed by atoms with Gasteiger partial charge in [0.25, 0.3) is 0 Å². The van der Waals surface area contributed by atoms with E-state index in [4.69, 9.17) is 0 Å². The molecule has 1 atom stereocenters. The van der Waals surface area contributed by atoms with Crippen LogP contribution in [0.25, 0.3) is 5.70 Å². The van der Waals surface area contributed by atoms with E-state index in [-0.39, 0.29) is 6.04 Å². The van der Waals surface area contributed by atoms with E-state index in [9.17, 15) is 0 Å². The van der Waals surface area contributed by atoms with Crippen molar-refractivity contribution in [1.82, 2.24) is 10.3 Å². The summed E-state index contributed by atoms with van der Waals surface area (Å²) in [5, 5.41) is 7.79. The molecule has 1 aromatic heterocycles. The van der Waals surface area contributed by atoms with E-state index in [0.717, 1.165) is 33.3 Å². The topological polar surface area (TPSA) is 37.0 Å². The van der Waals surface area contributed by atoms with E-state index < -0.39 is 0 Å². The van der Waals surface area contributed by atoms with Crippen LogP contribution in [0.3, 0.4) is 0 Å². The summed E-state index contributed by atoms with van der Waals surface area (Å²) in [5.41, 5.74) is 6.67. The van der Waals surface area contributed by atoms with Crippen LogP contribution in [0.15, 0.2) is 91.2 Å². The summed E-state index contributed by atoms with van der Waals surface area (Å²) < 4.78 is 0. The zero-order chi connectivity index (χ0) is 27.5. The molecule has 1 saturated carbocycles. The minimum Gasteiger partial charge on any atom is -0.374 e. The summed E-state index contributed by atoms with van der Waals surface area (Å²) in [5.74, 6) is 0.865. The summed E-state index contributed by atoms with van der Waals surface area (Å²) in [4.78, 5) is 4.17. The maximum absolute atomic E-state index is 4.18. The summed E-state index contributed by atoms with van der Waals surface area (Å²) in [6.45, 7) is 20.8. The second-order valence-electron chi connectivity index (χ2n) is 8.75. The van der Waals surface area contributed by atoms with Crippen LogP contribution >= 0.6 is 11.8 Å². The van der Waals surface area contributed by atoms with E-state index >= 15 is 0 Å². The van der Waals surface area contributed by atoms with Gasteiger partial charge in [0, 0.05) is 29.5 Å². The van der Waals surface area contributed by atoms with Crippen molar-refractivity contribution >= 4 is 23.1 Å². The van der Waals surface area contributed by atoms with Crippen LogP contribution < -0.4 is 10.6 Å². The predicted octanol–water partition coefficient (Wildman–Crippen LogP) is 10.1. The molecule has 4 rings (SSSR count). The zero-order valence-electron chi connectivity index (χ0n) is 23.8. The van der Waals surface area contributed by atoms with E-state index in [1.807, 2.05) is 38.2 Å². The minimum absolute atomic E-state index is 0.182. The van der Waals surface area contributed by atoms with Gasteiger partial charge in [0.1, 0.15) is 0 Å². The van der Waals surface area contributed by atoms with Crippen molar-refractivity contribution in [2.45, 2.75) is 79.0 Å². The molecule has 4 heteroatoms. The molecule has 0 saturated heterocycles. The number of nitrogens with one attached hydrogen (secondary N) is 2. The molecule has 37 heavy (non-hydrogen) atoms. The highest BCUT2D eigenvalue weighted by atomic mass is 32.2. The number of hydrogen-bond acceptors (Lipinski definition) is 4. The normalized spacial score (nSPS) is 11.6. The van der Waals surface area contributed by atoms with Gasteiger partial charge >= 0.3 is 0 Å². The minimum atomic E-state index is 0.182. The number of rotatable bonds is 9. The van der Waals surface area contributed by atoms with Gasteiger partial charge in [-0.1, -0.05) is 115 Å². The van der Waals surface area contributed by atoms with Gasteiger partial charge in [0.05, 0.1) is 11.1 Å².